The molecule has 0 spiro atoms. The Kier molecular flexibility index (Phi) is 6.58. The minimum Gasteiger partial charge on any atom is -0.480 e. The lowest BCUT2D eigenvalue weighted by Gasteiger charge is -2.33. The second kappa shape index (κ2) is 7.95. The Morgan fingerprint density at radius 3 is 2.18 bits per heavy atom. The molecule has 120 valence electrons. The zero-order valence-corrected chi connectivity index (χ0v) is 13.9. The third-order valence-electron chi connectivity index (χ3n) is 4.10. The molecule has 0 aliphatic carbocycles. The number of nitriles is 1. The molecule has 1 atom stereocenters. The van der Waals surface area contributed by atoms with Gasteiger partial charge in [-0.1, -0.05) is 30.3 Å². The molecule has 0 aromatic heterocycles. The summed E-state index contributed by atoms with van der Waals surface area (Å²) in [6, 6.07) is 12.1. The normalized spacial score (nSPS) is 14.1. The van der Waals surface area contributed by atoms with Crippen LogP contribution in [0.15, 0.2) is 30.3 Å². The highest BCUT2D eigenvalue weighted by atomic mass is 16.4. The van der Waals surface area contributed by atoms with E-state index < -0.39 is 11.4 Å². The van der Waals surface area contributed by atoms with E-state index in [-0.39, 0.29) is 6.42 Å². The van der Waals surface area contributed by atoms with E-state index in [1.54, 1.807) is 0 Å². The highest BCUT2D eigenvalue weighted by Crippen LogP contribution is 2.28. The monoisotopic (exact) mass is 302 g/mol. The molecule has 1 N–H and O–H groups in total. The molecule has 0 fully saturated rings. The van der Waals surface area contributed by atoms with Gasteiger partial charge in [-0.15, -0.1) is 0 Å². The van der Waals surface area contributed by atoms with Crippen LogP contribution in [0.25, 0.3) is 0 Å². The van der Waals surface area contributed by atoms with E-state index in [1.165, 1.54) is 0 Å². The van der Waals surface area contributed by atoms with Gasteiger partial charge in [0.25, 0.3) is 0 Å². The van der Waals surface area contributed by atoms with Gasteiger partial charge in [0.05, 0.1) is 6.07 Å². The molecule has 4 heteroatoms. The standard InChI is InChI=1S/C18H26N2O2/c1-14(2)20(15(3)4)11-10-18(13-19,17(21)22)12-16-8-6-5-7-9-16/h5-9,14-15H,10-12H2,1-4H3,(H,21,22). The Labute approximate surface area is 133 Å². The van der Waals surface area contributed by atoms with Gasteiger partial charge >= 0.3 is 5.97 Å². The predicted octanol–water partition coefficient (Wildman–Crippen LogP) is 3.33. The predicted molar refractivity (Wildman–Crippen MR) is 87.4 cm³/mol. The number of hydrogen-bond donors (Lipinski definition) is 1. The first-order valence-corrected chi connectivity index (χ1v) is 7.76. The maximum Gasteiger partial charge on any atom is 0.324 e. The summed E-state index contributed by atoms with van der Waals surface area (Å²) in [4.78, 5) is 14.0. The van der Waals surface area contributed by atoms with Crippen LogP contribution in [-0.2, 0) is 11.2 Å². The van der Waals surface area contributed by atoms with Crippen molar-refractivity contribution in [3.8, 4) is 6.07 Å². The molecule has 0 aliphatic rings. The summed E-state index contributed by atoms with van der Waals surface area (Å²) in [7, 11) is 0. The zero-order valence-electron chi connectivity index (χ0n) is 13.9. The summed E-state index contributed by atoms with van der Waals surface area (Å²) in [5.41, 5.74) is -0.490. The molecule has 1 rings (SSSR count). The van der Waals surface area contributed by atoms with Crippen molar-refractivity contribution in [3.63, 3.8) is 0 Å². The van der Waals surface area contributed by atoms with Crippen molar-refractivity contribution in [2.45, 2.75) is 52.6 Å². The molecule has 1 unspecified atom stereocenters. The molecule has 4 nitrogen and oxygen atoms in total. The number of benzene rings is 1. The topological polar surface area (TPSA) is 64.3 Å². The van der Waals surface area contributed by atoms with E-state index in [4.69, 9.17) is 0 Å². The van der Waals surface area contributed by atoms with E-state index in [0.717, 1.165) is 5.56 Å². The summed E-state index contributed by atoms with van der Waals surface area (Å²) >= 11 is 0. The molecule has 0 amide bonds. The van der Waals surface area contributed by atoms with Crippen LogP contribution in [0.4, 0.5) is 0 Å². The zero-order chi connectivity index (χ0) is 16.8. The van der Waals surface area contributed by atoms with Gasteiger partial charge in [0.2, 0.25) is 0 Å². The molecular weight excluding hydrogens is 276 g/mol. The van der Waals surface area contributed by atoms with Crippen LogP contribution in [0.2, 0.25) is 0 Å². The minimum atomic E-state index is -1.37. The molecule has 0 saturated carbocycles. The summed E-state index contributed by atoms with van der Waals surface area (Å²) in [6.45, 7) is 8.96. The fraction of sp³-hybridized carbons (Fsp3) is 0.556. The van der Waals surface area contributed by atoms with Gasteiger partial charge in [-0.05, 0) is 39.7 Å². The van der Waals surface area contributed by atoms with Crippen molar-refractivity contribution >= 4 is 5.97 Å². The van der Waals surface area contributed by atoms with E-state index in [1.807, 2.05) is 30.3 Å². The van der Waals surface area contributed by atoms with Crippen LogP contribution in [0.5, 0.6) is 0 Å². The first-order valence-electron chi connectivity index (χ1n) is 7.76. The van der Waals surface area contributed by atoms with Gasteiger partial charge in [0.15, 0.2) is 5.41 Å². The molecule has 1 aromatic carbocycles. The van der Waals surface area contributed by atoms with Crippen molar-refractivity contribution in [1.82, 2.24) is 4.90 Å². The van der Waals surface area contributed by atoms with Gasteiger partial charge in [-0.25, -0.2) is 0 Å². The van der Waals surface area contributed by atoms with E-state index in [9.17, 15) is 15.2 Å². The number of aliphatic carboxylic acids is 1. The summed E-state index contributed by atoms with van der Waals surface area (Å²) < 4.78 is 0. The van der Waals surface area contributed by atoms with Gasteiger partial charge < -0.3 is 5.11 Å². The Morgan fingerprint density at radius 1 is 1.23 bits per heavy atom. The Hall–Kier alpha value is -1.86. The molecule has 0 aliphatic heterocycles. The third kappa shape index (κ3) is 4.57. The smallest absolute Gasteiger partial charge is 0.324 e. The van der Waals surface area contributed by atoms with Crippen LogP contribution >= 0.6 is 0 Å². The second-order valence-electron chi connectivity index (χ2n) is 6.34. The first-order chi connectivity index (χ1) is 10.3. The largest absolute Gasteiger partial charge is 0.480 e. The quantitative estimate of drug-likeness (QED) is 0.800. The highest BCUT2D eigenvalue weighted by Gasteiger charge is 2.39. The van der Waals surface area contributed by atoms with E-state index in [2.05, 4.69) is 38.7 Å². The van der Waals surface area contributed by atoms with Crippen molar-refractivity contribution in [2.75, 3.05) is 6.54 Å². The van der Waals surface area contributed by atoms with Crippen LogP contribution in [0.3, 0.4) is 0 Å². The lowest BCUT2D eigenvalue weighted by atomic mass is 9.79. The molecular formula is C18H26N2O2. The van der Waals surface area contributed by atoms with Crippen molar-refractivity contribution in [1.29, 1.82) is 5.26 Å². The Bertz CT molecular complexity index is 512. The van der Waals surface area contributed by atoms with Crippen LogP contribution in [0.1, 0.15) is 39.7 Å². The van der Waals surface area contributed by atoms with Gasteiger partial charge in [0, 0.05) is 25.0 Å². The number of hydrogen-bond acceptors (Lipinski definition) is 3. The molecule has 0 saturated heterocycles. The van der Waals surface area contributed by atoms with Crippen molar-refractivity contribution in [3.05, 3.63) is 35.9 Å². The lowest BCUT2D eigenvalue weighted by Crippen LogP contribution is -2.42. The number of carboxylic acid groups (broad SMARTS) is 1. The third-order valence-corrected chi connectivity index (χ3v) is 4.10. The Balaban J connectivity index is 2.94. The van der Waals surface area contributed by atoms with Crippen molar-refractivity contribution < 1.29 is 9.90 Å². The van der Waals surface area contributed by atoms with Gasteiger partial charge in [-0.2, -0.15) is 5.26 Å². The Morgan fingerprint density at radius 2 is 1.77 bits per heavy atom. The molecule has 22 heavy (non-hydrogen) atoms. The van der Waals surface area contributed by atoms with E-state index >= 15 is 0 Å². The molecule has 0 heterocycles. The van der Waals surface area contributed by atoms with E-state index in [0.29, 0.717) is 25.0 Å². The summed E-state index contributed by atoms with van der Waals surface area (Å²) in [5, 5.41) is 19.2. The summed E-state index contributed by atoms with van der Waals surface area (Å²) in [6.07, 6.45) is 0.563. The maximum atomic E-state index is 11.8. The first kappa shape index (κ1) is 18.2. The SMILES string of the molecule is CC(C)N(CCC(C#N)(Cc1ccccc1)C(=O)O)C(C)C. The van der Waals surface area contributed by atoms with Crippen LogP contribution in [-0.4, -0.2) is 34.6 Å². The fourth-order valence-electron chi connectivity index (χ4n) is 2.79. The molecule has 0 bridgehead atoms. The second-order valence-corrected chi connectivity index (χ2v) is 6.34. The number of rotatable bonds is 8. The highest BCUT2D eigenvalue weighted by molar-refractivity contribution is 5.78. The maximum absolute atomic E-state index is 11.8. The minimum absolute atomic E-state index is 0.240. The van der Waals surface area contributed by atoms with Crippen molar-refractivity contribution in [2.24, 2.45) is 5.41 Å². The number of carbonyl (C=O) groups is 1. The molecule has 0 radical (unpaired) electrons. The molecule has 1 aromatic rings. The summed E-state index contributed by atoms with van der Waals surface area (Å²) in [5.74, 6) is -1.04. The van der Waals surface area contributed by atoms with Crippen LogP contribution in [0, 0.1) is 16.7 Å². The average molecular weight is 302 g/mol. The van der Waals surface area contributed by atoms with Gasteiger partial charge in [-0.3, -0.25) is 9.69 Å². The van der Waals surface area contributed by atoms with Gasteiger partial charge in [0.1, 0.15) is 0 Å². The average Bonchev–Trinajstić information content (AvgIpc) is 2.46. The fourth-order valence-corrected chi connectivity index (χ4v) is 2.79. The van der Waals surface area contributed by atoms with Crippen LogP contribution < -0.4 is 0 Å². The number of nitrogens with zero attached hydrogens (tertiary/aromatic N) is 2. The number of carboxylic acids is 1. The lowest BCUT2D eigenvalue weighted by molar-refractivity contribution is -0.146.